The van der Waals surface area contributed by atoms with Crippen LogP contribution in [0.1, 0.15) is 49.3 Å². The van der Waals surface area contributed by atoms with Crippen molar-refractivity contribution < 1.29 is 26.7 Å². The van der Waals surface area contributed by atoms with E-state index in [0.717, 1.165) is 37.0 Å². The lowest BCUT2D eigenvalue weighted by Crippen LogP contribution is -2.17. The van der Waals surface area contributed by atoms with Crippen LogP contribution in [0.3, 0.4) is 0 Å². The van der Waals surface area contributed by atoms with E-state index in [2.05, 4.69) is 35.9 Å². The van der Waals surface area contributed by atoms with Gasteiger partial charge in [0.25, 0.3) is 0 Å². The second-order valence-electron chi connectivity index (χ2n) is 9.30. The van der Waals surface area contributed by atoms with E-state index in [0.29, 0.717) is 10.8 Å². The molecule has 0 aliphatic carbocycles. The van der Waals surface area contributed by atoms with E-state index >= 15 is 4.39 Å². The largest absolute Gasteiger partial charge is 0.573 e. The van der Waals surface area contributed by atoms with Crippen LogP contribution >= 0.6 is 0 Å². The highest BCUT2D eigenvalue weighted by molar-refractivity contribution is 5.88. The van der Waals surface area contributed by atoms with E-state index in [1.165, 1.54) is 48.9 Å². The van der Waals surface area contributed by atoms with Gasteiger partial charge in [0.2, 0.25) is 0 Å². The summed E-state index contributed by atoms with van der Waals surface area (Å²) in [6, 6.07) is 20.4. The van der Waals surface area contributed by atoms with Gasteiger partial charge >= 0.3 is 6.36 Å². The zero-order chi connectivity index (χ0) is 26.4. The van der Waals surface area contributed by atoms with E-state index in [4.69, 9.17) is 0 Å². The second-order valence-corrected chi connectivity index (χ2v) is 9.30. The van der Waals surface area contributed by atoms with Gasteiger partial charge in [0.15, 0.2) is 11.6 Å². The summed E-state index contributed by atoms with van der Waals surface area (Å²) < 4.78 is 70.3. The smallest absolute Gasteiger partial charge is 0.403 e. The molecular weight excluding hydrogens is 483 g/mol. The first-order valence-corrected chi connectivity index (χ1v) is 12.6. The fourth-order valence-electron chi connectivity index (χ4n) is 4.51. The van der Waals surface area contributed by atoms with Crippen LogP contribution in [0.25, 0.3) is 21.9 Å². The summed E-state index contributed by atoms with van der Waals surface area (Å²) in [5, 5.41) is 1.07. The molecule has 194 valence electrons. The Labute approximate surface area is 213 Å². The van der Waals surface area contributed by atoms with Crippen molar-refractivity contribution in [1.29, 1.82) is 0 Å². The Bertz CT molecular complexity index is 1340. The summed E-state index contributed by atoms with van der Waals surface area (Å²) >= 11 is 0. The molecule has 0 radical (unpaired) electrons. The molecule has 0 saturated carbocycles. The molecular formula is C31H29F5O. The van der Waals surface area contributed by atoms with Gasteiger partial charge in [-0.3, -0.25) is 0 Å². The summed E-state index contributed by atoms with van der Waals surface area (Å²) in [5.74, 6) is -2.72. The first-order valence-electron chi connectivity index (χ1n) is 12.6. The molecule has 0 aliphatic heterocycles. The summed E-state index contributed by atoms with van der Waals surface area (Å²) in [6.45, 7) is 2.21. The van der Waals surface area contributed by atoms with Crippen molar-refractivity contribution in [2.45, 2.75) is 58.2 Å². The van der Waals surface area contributed by atoms with E-state index < -0.39 is 23.7 Å². The minimum Gasteiger partial charge on any atom is -0.403 e. The number of hydrogen-bond acceptors (Lipinski definition) is 1. The van der Waals surface area contributed by atoms with Crippen molar-refractivity contribution in [3.05, 3.63) is 101 Å². The molecule has 0 bridgehead atoms. The Morgan fingerprint density at radius 2 is 1.35 bits per heavy atom. The minimum absolute atomic E-state index is 0.104. The fourth-order valence-corrected chi connectivity index (χ4v) is 4.51. The molecule has 0 aromatic heterocycles. The summed E-state index contributed by atoms with van der Waals surface area (Å²) in [5.41, 5.74) is 3.91. The predicted octanol–water partition coefficient (Wildman–Crippen LogP) is 9.59. The Morgan fingerprint density at radius 1 is 0.676 bits per heavy atom. The van der Waals surface area contributed by atoms with Crippen molar-refractivity contribution >= 4 is 10.8 Å². The molecule has 37 heavy (non-hydrogen) atoms. The van der Waals surface area contributed by atoms with E-state index in [1.54, 1.807) is 12.1 Å². The minimum atomic E-state index is -5.01. The fraction of sp³-hybridized carbons (Fsp3) is 0.290. The zero-order valence-corrected chi connectivity index (χ0v) is 20.7. The second kappa shape index (κ2) is 11.8. The number of rotatable bonds is 10. The van der Waals surface area contributed by atoms with Gasteiger partial charge in [0.1, 0.15) is 5.82 Å². The van der Waals surface area contributed by atoms with Gasteiger partial charge in [-0.25, -0.2) is 8.78 Å². The molecule has 0 heterocycles. The maximum Gasteiger partial charge on any atom is 0.573 e. The molecule has 0 spiro atoms. The number of hydrogen-bond donors (Lipinski definition) is 0. The van der Waals surface area contributed by atoms with Crippen LogP contribution in [0.4, 0.5) is 22.0 Å². The van der Waals surface area contributed by atoms with Gasteiger partial charge in [-0.15, -0.1) is 13.2 Å². The number of benzene rings is 4. The lowest BCUT2D eigenvalue weighted by molar-refractivity contribution is -0.275. The number of aryl methyl sites for hydroxylation is 3. The van der Waals surface area contributed by atoms with Gasteiger partial charge in [0, 0.05) is 10.9 Å². The monoisotopic (exact) mass is 512 g/mol. The quantitative estimate of drug-likeness (QED) is 0.152. The Kier molecular flexibility index (Phi) is 8.47. The molecule has 0 unspecified atom stereocenters. The zero-order valence-electron chi connectivity index (χ0n) is 20.7. The molecule has 0 fully saturated rings. The Balaban J connectivity index is 1.44. The highest BCUT2D eigenvalue weighted by Gasteiger charge is 2.32. The highest BCUT2D eigenvalue weighted by Crippen LogP contribution is 2.33. The molecule has 0 amide bonds. The lowest BCUT2D eigenvalue weighted by Gasteiger charge is -2.12. The average Bonchev–Trinajstić information content (AvgIpc) is 2.87. The van der Waals surface area contributed by atoms with Crippen LogP contribution < -0.4 is 4.74 Å². The van der Waals surface area contributed by atoms with Gasteiger partial charge in [-0.05, 0) is 65.5 Å². The van der Waals surface area contributed by atoms with Crippen molar-refractivity contribution in [2.24, 2.45) is 0 Å². The molecule has 6 heteroatoms. The van der Waals surface area contributed by atoms with Crippen molar-refractivity contribution in [1.82, 2.24) is 0 Å². The molecule has 0 aliphatic rings. The third kappa shape index (κ3) is 7.09. The molecule has 4 rings (SSSR count). The standard InChI is InChI=1S/C31H29F5O/c1-2-3-4-5-6-21-7-9-22(10-8-21)11-12-23-13-16-26-24(19-23)14-17-27(30(26)33)25-15-18-29(28(32)20-25)37-31(34,35)36/h7-10,13-20H,2-6,11-12H2,1H3. The summed E-state index contributed by atoms with van der Waals surface area (Å²) in [7, 11) is 0. The van der Waals surface area contributed by atoms with Crippen LogP contribution in [0, 0.1) is 11.6 Å². The maximum absolute atomic E-state index is 15.3. The Morgan fingerprint density at radius 3 is 2.03 bits per heavy atom. The first kappa shape index (κ1) is 26.6. The van der Waals surface area contributed by atoms with E-state index in [1.807, 2.05) is 12.1 Å². The first-order chi connectivity index (χ1) is 17.7. The van der Waals surface area contributed by atoms with Crippen molar-refractivity contribution in [3.63, 3.8) is 0 Å². The van der Waals surface area contributed by atoms with Crippen molar-refractivity contribution in [3.8, 4) is 16.9 Å². The van der Waals surface area contributed by atoms with Crippen LogP contribution in [0.15, 0.2) is 72.8 Å². The summed E-state index contributed by atoms with van der Waals surface area (Å²) in [6.07, 6.45) is 2.77. The number of unbranched alkanes of at least 4 members (excludes halogenated alkanes) is 3. The third-order valence-electron chi connectivity index (χ3n) is 6.53. The lowest BCUT2D eigenvalue weighted by atomic mass is 9.96. The molecule has 4 aromatic rings. The van der Waals surface area contributed by atoms with Gasteiger partial charge in [0.05, 0.1) is 0 Å². The van der Waals surface area contributed by atoms with E-state index in [9.17, 15) is 17.6 Å². The SMILES string of the molecule is CCCCCCc1ccc(CCc2ccc3c(F)c(-c4ccc(OC(F)(F)F)c(F)c4)ccc3c2)cc1. The van der Waals surface area contributed by atoms with E-state index in [-0.39, 0.29) is 11.1 Å². The number of halogens is 5. The maximum atomic E-state index is 15.3. The van der Waals surface area contributed by atoms with Gasteiger partial charge in [-0.1, -0.05) is 86.8 Å². The molecule has 0 saturated heterocycles. The van der Waals surface area contributed by atoms with Gasteiger partial charge in [-0.2, -0.15) is 0 Å². The number of fused-ring (bicyclic) bond motifs is 1. The topological polar surface area (TPSA) is 9.23 Å². The van der Waals surface area contributed by atoms with Crippen LogP contribution in [0.5, 0.6) is 5.75 Å². The van der Waals surface area contributed by atoms with Crippen molar-refractivity contribution in [2.75, 3.05) is 0 Å². The van der Waals surface area contributed by atoms with Crippen LogP contribution in [-0.2, 0) is 19.3 Å². The molecule has 0 atom stereocenters. The Hall–Kier alpha value is -3.41. The van der Waals surface area contributed by atoms with Crippen LogP contribution in [0.2, 0.25) is 0 Å². The highest BCUT2D eigenvalue weighted by atomic mass is 19.4. The molecule has 4 aromatic carbocycles. The number of alkyl halides is 3. The summed E-state index contributed by atoms with van der Waals surface area (Å²) in [4.78, 5) is 0. The van der Waals surface area contributed by atoms with Crippen LogP contribution in [-0.4, -0.2) is 6.36 Å². The molecule has 1 nitrogen and oxygen atoms in total. The number of ether oxygens (including phenoxy) is 1. The normalized spacial score (nSPS) is 11.7. The van der Waals surface area contributed by atoms with Gasteiger partial charge < -0.3 is 4.74 Å². The third-order valence-corrected chi connectivity index (χ3v) is 6.53. The average molecular weight is 513 g/mol. The molecule has 0 N–H and O–H groups in total. The predicted molar refractivity (Wildman–Crippen MR) is 138 cm³/mol.